The first-order valence-corrected chi connectivity index (χ1v) is 14.4. The Hall–Kier alpha value is -5.05. The number of carbonyl (C=O) groups is 3. The summed E-state index contributed by atoms with van der Waals surface area (Å²) in [6, 6.07) is 0. The molecule has 6 rings (SSSR count). The van der Waals surface area contributed by atoms with E-state index in [0.717, 1.165) is 56.3 Å². The molecule has 5 heterocycles. The summed E-state index contributed by atoms with van der Waals surface area (Å²) in [5.41, 5.74) is 10.0. The van der Waals surface area contributed by atoms with Gasteiger partial charge in [0.25, 0.3) is 0 Å². The lowest BCUT2D eigenvalue weighted by Gasteiger charge is -2.11. The molecule has 0 saturated heterocycles. The number of nitrogens with one attached hydrogen (secondary N) is 4. The van der Waals surface area contributed by atoms with Crippen molar-refractivity contribution in [2.75, 3.05) is 0 Å². The second-order valence-electron chi connectivity index (χ2n) is 11.4. The van der Waals surface area contributed by atoms with Crippen molar-refractivity contribution in [3.63, 3.8) is 0 Å². The highest BCUT2D eigenvalue weighted by Gasteiger charge is 2.42. The van der Waals surface area contributed by atoms with E-state index < -0.39 is 23.6 Å². The molecule has 0 spiro atoms. The molecule has 0 saturated carbocycles. The number of hydrogen-bond acceptors (Lipinski definition) is 3. The van der Waals surface area contributed by atoms with Gasteiger partial charge in [0.2, 0.25) is 0 Å². The summed E-state index contributed by atoms with van der Waals surface area (Å²) in [5.74, 6) is -4.12. The molecule has 43 heavy (non-hydrogen) atoms. The van der Waals surface area contributed by atoms with E-state index >= 15 is 0 Å². The minimum absolute atomic E-state index is 0.144. The number of carbonyl (C=O) groups excluding carboxylic acids is 1. The third-order valence-electron chi connectivity index (χ3n) is 9.12. The second kappa shape index (κ2) is 10.0. The smallest absolute Gasteiger partial charge is 0.319 e. The number of aliphatic carboxylic acids is 2. The normalized spacial score (nSPS) is 17.6. The van der Waals surface area contributed by atoms with E-state index in [1.54, 1.807) is 0 Å². The van der Waals surface area contributed by atoms with Crippen LogP contribution in [-0.4, -0.2) is 47.9 Å². The van der Waals surface area contributed by atoms with Crippen LogP contribution in [0.4, 0.5) is 0 Å². The molecule has 4 aromatic rings. The number of aromatic amines is 4. The molecule has 1 aliphatic carbocycles. The van der Waals surface area contributed by atoms with Crippen molar-refractivity contribution in [1.29, 1.82) is 0 Å². The first kappa shape index (κ1) is 28.1. The molecule has 2 aliphatic rings. The van der Waals surface area contributed by atoms with Crippen LogP contribution in [0.25, 0.3) is 29.9 Å². The predicted octanol–water partition coefficient (Wildman–Crippen LogP) is 2.35. The zero-order valence-electron chi connectivity index (χ0n) is 24.8. The minimum Gasteiger partial charge on any atom is -0.481 e. The van der Waals surface area contributed by atoms with E-state index in [4.69, 9.17) is 0 Å². The monoisotopic (exact) mass is 578 g/mol. The van der Waals surface area contributed by atoms with Crippen LogP contribution in [0.3, 0.4) is 0 Å². The molecule has 220 valence electrons. The summed E-state index contributed by atoms with van der Waals surface area (Å²) in [7, 11) is 0. The Morgan fingerprint density at radius 1 is 0.837 bits per heavy atom. The number of hydrogen-bond donors (Lipinski definition) is 6. The van der Waals surface area contributed by atoms with Crippen LogP contribution in [0.5, 0.6) is 0 Å². The topological polar surface area (TPSA) is 155 Å². The van der Waals surface area contributed by atoms with E-state index in [9.17, 15) is 24.6 Å². The summed E-state index contributed by atoms with van der Waals surface area (Å²) in [6.07, 6.45) is 8.65. The van der Waals surface area contributed by atoms with Crippen molar-refractivity contribution in [2.24, 2.45) is 5.92 Å². The lowest BCUT2D eigenvalue weighted by Crippen LogP contribution is -2.24. The highest BCUT2D eigenvalue weighted by molar-refractivity contribution is 6.20. The van der Waals surface area contributed by atoms with Gasteiger partial charge in [0.05, 0.1) is 5.35 Å². The van der Waals surface area contributed by atoms with Gasteiger partial charge in [-0.15, -0.1) is 0 Å². The molecular formula is C34H34N4O5. The second-order valence-corrected chi connectivity index (χ2v) is 11.4. The van der Waals surface area contributed by atoms with Gasteiger partial charge in [-0.1, -0.05) is 19.6 Å². The van der Waals surface area contributed by atoms with E-state index in [0.29, 0.717) is 44.3 Å². The summed E-state index contributed by atoms with van der Waals surface area (Å²) in [5, 5.41) is 22.7. The Morgan fingerprint density at radius 3 is 2.12 bits per heavy atom. The van der Waals surface area contributed by atoms with E-state index in [2.05, 4.69) is 46.4 Å². The summed E-state index contributed by atoms with van der Waals surface area (Å²) in [6.45, 7) is 14.0. The molecule has 0 radical (unpaired) electrons. The molecule has 0 aromatic carbocycles. The number of fused-ring (bicyclic) bond motifs is 8. The largest absolute Gasteiger partial charge is 0.481 e. The Morgan fingerprint density at radius 2 is 1.47 bits per heavy atom. The van der Waals surface area contributed by atoms with Crippen molar-refractivity contribution >= 4 is 47.6 Å². The van der Waals surface area contributed by atoms with Gasteiger partial charge in [0.1, 0.15) is 5.92 Å². The fourth-order valence-electron chi connectivity index (χ4n) is 6.77. The van der Waals surface area contributed by atoms with E-state index in [1.165, 1.54) is 0 Å². The highest BCUT2D eigenvalue weighted by atomic mass is 16.4. The van der Waals surface area contributed by atoms with Gasteiger partial charge in [0, 0.05) is 61.9 Å². The molecule has 4 aromatic heterocycles. The molecule has 1 aliphatic heterocycles. The molecule has 1 atom stereocenters. The van der Waals surface area contributed by atoms with Crippen LogP contribution in [0.2, 0.25) is 0 Å². The highest BCUT2D eigenvalue weighted by Crippen LogP contribution is 2.34. The molecule has 0 fully saturated rings. The zero-order chi connectivity index (χ0) is 30.9. The Labute approximate surface area is 247 Å². The maximum absolute atomic E-state index is 13.8. The number of H-pyrrole nitrogens is 4. The van der Waals surface area contributed by atoms with Gasteiger partial charge in [-0.05, 0) is 92.1 Å². The van der Waals surface area contributed by atoms with Crippen LogP contribution in [-0.2, 0) is 22.4 Å². The quantitative estimate of drug-likeness (QED) is 0.194. The Kier molecular flexibility index (Phi) is 6.56. The Balaban J connectivity index is 1.82. The molecule has 9 heteroatoms. The van der Waals surface area contributed by atoms with Crippen LogP contribution in [0.1, 0.15) is 85.4 Å². The molecular weight excluding hydrogens is 544 g/mol. The number of carboxylic acid groups (broad SMARTS) is 2. The van der Waals surface area contributed by atoms with Crippen molar-refractivity contribution < 1.29 is 24.6 Å². The Bertz CT molecular complexity index is 2160. The first-order chi connectivity index (χ1) is 20.5. The lowest BCUT2D eigenvalue weighted by atomic mass is 9.92. The number of carboxylic acids is 2. The summed E-state index contributed by atoms with van der Waals surface area (Å²) in [4.78, 5) is 51.9. The maximum atomic E-state index is 13.8. The molecule has 8 bridgehead atoms. The average Bonchev–Trinajstić information content (AvgIpc) is 3.68. The van der Waals surface area contributed by atoms with Crippen LogP contribution < -0.4 is 21.4 Å². The standard InChI is InChI=1S/C34H34N4O5/c1-7-18-14(3)21-11-23-16(5)20(9-10-27(39)40)31(37-23)29-30(34(42)43)33(41)28-17(6)24(38-32(28)29)13-26-19(8-2)15(4)22(36-26)12-25(18)35-21/h7,11-13,30,35-38H,1,8-10H2,2-6H3,(H,39,40)(H,42,43)/b21-11-,22-12?,23-11?,24-13-,25-12-,26-13?,31-29?. The van der Waals surface area contributed by atoms with Gasteiger partial charge in [-0.25, -0.2) is 0 Å². The average molecular weight is 579 g/mol. The number of aromatic nitrogens is 4. The number of ketones is 1. The van der Waals surface area contributed by atoms with Crippen molar-refractivity contribution in [1.82, 2.24) is 19.9 Å². The van der Waals surface area contributed by atoms with E-state index in [-0.39, 0.29) is 12.8 Å². The minimum atomic E-state index is -1.42. The fraction of sp³-hybridized carbons (Fsp3) is 0.265. The zero-order valence-corrected chi connectivity index (χ0v) is 24.8. The van der Waals surface area contributed by atoms with Crippen molar-refractivity contribution in [2.45, 2.75) is 53.9 Å². The van der Waals surface area contributed by atoms with Gasteiger partial charge in [-0.3, -0.25) is 14.4 Å². The van der Waals surface area contributed by atoms with E-state index in [1.807, 2.05) is 39.0 Å². The van der Waals surface area contributed by atoms with Crippen LogP contribution >= 0.6 is 0 Å². The third kappa shape index (κ3) is 4.18. The van der Waals surface area contributed by atoms with Gasteiger partial charge in [0.15, 0.2) is 5.78 Å². The van der Waals surface area contributed by atoms with Crippen LogP contribution in [0, 0.1) is 33.6 Å². The molecule has 6 N–H and O–H groups in total. The van der Waals surface area contributed by atoms with Crippen LogP contribution in [0.15, 0.2) is 6.58 Å². The molecule has 0 amide bonds. The third-order valence-corrected chi connectivity index (χ3v) is 9.12. The number of Topliss-reactive ketones (excluding diaryl/α,β-unsaturated/α-hetero) is 1. The molecule has 9 nitrogen and oxygen atoms in total. The lowest BCUT2D eigenvalue weighted by molar-refractivity contribution is -0.138. The summed E-state index contributed by atoms with van der Waals surface area (Å²) < 4.78 is 0. The van der Waals surface area contributed by atoms with Gasteiger partial charge in [-0.2, -0.15) is 0 Å². The molecule has 1 unspecified atom stereocenters. The van der Waals surface area contributed by atoms with Crippen molar-refractivity contribution in [3.05, 3.63) is 95.3 Å². The SMILES string of the molecule is C=Cc1c(C)/c2[nH]/c1=C\c1[nH]c(c(CC)c1C)/C=c1\[nH]c3c(c1C)C(=O)C(C(=O)O)C=3c1[nH]c(c(C)c1CCC(=O)O)\C=2. The van der Waals surface area contributed by atoms with Gasteiger partial charge < -0.3 is 30.1 Å². The number of rotatable bonds is 6. The first-order valence-electron chi connectivity index (χ1n) is 14.4. The summed E-state index contributed by atoms with van der Waals surface area (Å²) >= 11 is 0. The van der Waals surface area contributed by atoms with Gasteiger partial charge >= 0.3 is 11.9 Å². The van der Waals surface area contributed by atoms with Crippen molar-refractivity contribution in [3.8, 4) is 0 Å². The fourth-order valence-corrected chi connectivity index (χ4v) is 6.77. The maximum Gasteiger partial charge on any atom is 0.319 e. The predicted molar refractivity (Wildman–Crippen MR) is 165 cm³/mol.